The standard InChI is InChI=1S/C14H9BrN2O/c15-12-5-1-3-10(7-12)13(8-16)14(18)11-4-2-6-17-9-11/h1-7,9,13H. The first-order valence-electron chi connectivity index (χ1n) is 5.31. The van der Waals surface area contributed by atoms with Crippen molar-refractivity contribution in [2.45, 2.75) is 5.92 Å². The van der Waals surface area contributed by atoms with Crippen molar-refractivity contribution >= 4 is 21.7 Å². The maximum Gasteiger partial charge on any atom is 0.185 e. The molecule has 1 aromatic carbocycles. The first-order chi connectivity index (χ1) is 8.72. The number of halogens is 1. The highest BCUT2D eigenvalue weighted by Gasteiger charge is 2.21. The summed E-state index contributed by atoms with van der Waals surface area (Å²) in [6.45, 7) is 0. The zero-order valence-corrected chi connectivity index (χ0v) is 11.0. The Balaban J connectivity index is 2.36. The van der Waals surface area contributed by atoms with E-state index in [4.69, 9.17) is 0 Å². The largest absolute Gasteiger partial charge is 0.292 e. The lowest BCUT2D eigenvalue weighted by Gasteiger charge is -2.08. The molecule has 0 amide bonds. The number of hydrogen-bond acceptors (Lipinski definition) is 3. The average molecular weight is 301 g/mol. The van der Waals surface area contributed by atoms with E-state index in [1.165, 1.54) is 6.20 Å². The molecule has 0 aliphatic carbocycles. The van der Waals surface area contributed by atoms with E-state index in [9.17, 15) is 10.1 Å². The van der Waals surface area contributed by atoms with Gasteiger partial charge in [-0.25, -0.2) is 0 Å². The van der Waals surface area contributed by atoms with Crippen molar-refractivity contribution in [2.24, 2.45) is 0 Å². The molecule has 1 atom stereocenters. The highest BCUT2D eigenvalue weighted by atomic mass is 79.9. The summed E-state index contributed by atoms with van der Waals surface area (Å²) in [5.41, 5.74) is 1.13. The lowest BCUT2D eigenvalue weighted by atomic mass is 9.93. The van der Waals surface area contributed by atoms with Crippen LogP contribution in [-0.4, -0.2) is 10.8 Å². The van der Waals surface area contributed by atoms with Gasteiger partial charge in [-0.1, -0.05) is 28.1 Å². The van der Waals surface area contributed by atoms with Crippen LogP contribution < -0.4 is 0 Å². The smallest absolute Gasteiger partial charge is 0.185 e. The monoisotopic (exact) mass is 300 g/mol. The molecular formula is C14H9BrN2O. The van der Waals surface area contributed by atoms with Gasteiger partial charge in [-0.15, -0.1) is 0 Å². The zero-order valence-electron chi connectivity index (χ0n) is 9.38. The fourth-order valence-corrected chi connectivity index (χ4v) is 2.06. The molecule has 0 fully saturated rings. The van der Waals surface area contributed by atoms with Gasteiger partial charge in [0.2, 0.25) is 0 Å². The molecule has 0 saturated carbocycles. The Bertz CT molecular complexity index is 605. The van der Waals surface area contributed by atoms with Crippen molar-refractivity contribution in [3.05, 3.63) is 64.4 Å². The van der Waals surface area contributed by atoms with E-state index >= 15 is 0 Å². The number of pyridine rings is 1. The van der Waals surface area contributed by atoms with Gasteiger partial charge in [0.15, 0.2) is 5.78 Å². The molecule has 2 aromatic rings. The Morgan fingerprint density at radius 3 is 2.78 bits per heavy atom. The average Bonchev–Trinajstić information content (AvgIpc) is 2.40. The number of nitrogens with zero attached hydrogens (tertiary/aromatic N) is 2. The molecule has 4 heteroatoms. The number of aromatic nitrogens is 1. The van der Waals surface area contributed by atoms with Crippen LogP contribution in [0.25, 0.3) is 0 Å². The number of carbonyl (C=O) groups excluding carboxylic acids is 1. The molecule has 0 bridgehead atoms. The van der Waals surface area contributed by atoms with Crippen molar-refractivity contribution in [1.29, 1.82) is 5.26 Å². The van der Waals surface area contributed by atoms with Crippen LogP contribution in [-0.2, 0) is 0 Å². The van der Waals surface area contributed by atoms with Crippen molar-refractivity contribution in [1.82, 2.24) is 4.98 Å². The predicted octanol–water partition coefficient (Wildman–Crippen LogP) is 3.33. The van der Waals surface area contributed by atoms with E-state index in [1.807, 2.05) is 12.1 Å². The second kappa shape index (κ2) is 5.56. The SMILES string of the molecule is N#CC(C(=O)c1cccnc1)c1cccc(Br)c1. The van der Waals surface area contributed by atoms with E-state index in [0.29, 0.717) is 11.1 Å². The number of ketones is 1. The van der Waals surface area contributed by atoms with Crippen LogP contribution in [0.1, 0.15) is 21.8 Å². The van der Waals surface area contributed by atoms with Crippen molar-refractivity contribution in [3.8, 4) is 6.07 Å². The Hall–Kier alpha value is -1.99. The molecule has 0 radical (unpaired) electrons. The summed E-state index contributed by atoms with van der Waals surface area (Å²) in [5.74, 6) is -1.03. The molecule has 0 aliphatic rings. The van der Waals surface area contributed by atoms with Gasteiger partial charge in [-0.05, 0) is 29.8 Å². The molecule has 1 aromatic heterocycles. The van der Waals surface area contributed by atoms with E-state index in [-0.39, 0.29) is 5.78 Å². The third-order valence-corrected chi connectivity index (χ3v) is 3.01. The van der Waals surface area contributed by atoms with Crippen LogP contribution >= 0.6 is 15.9 Å². The predicted molar refractivity (Wildman–Crippen MR) is 71.1 cm³/mol. The van der Waals surface area contributed by atoms with Crippen LogP contribution in [0.3, 0.4) is 0 Å². The highest BCUT2D eigenvalue weighted by Crippen LogP contribution is 2.23. The summed E-state index contributed by atoms with van der Waals surface area (Å²) >= 11 is 3.33. The number of carbonyl (C=O) groups is 1. The minimum Gasteiger partial charge on any atom is -0.292 e. The second-order valence-electron chi connectivity index (χ2n) is 3.72. The summed E-state index contributed by atoms with van der Waals surface area (Å²) in [7, 11) is 0. The molecule has 3 nitrogen and oxygen atoms in total. The second-order valence-corrected chi connectivity index (χ2v) is 4.64. The molecule has 18 heavy (non-hydrogen) atoms. The van der Waals surface area contributed by atoms with Gasteiger partial charge in [-0.2, -0.15) is 5.26 Å². The fourth-order valence-electron chi connectivity index (χ4n) is 1.65. The molecule has 0 spiro atoms. The summed E-state index contributed by atoms with van der Waals surface area (Å²) in [6, 6.07) is 12.6. The number of benzene rings is 1. The van der Waals surface area contributed by atoms with Crippen molar-refractivity contribution in [3.63, 3.8) is 0 Å². The van der Waals surface area contributed by atoms with E-state index in [2.05, 4.69) is 20.9 Å². The quantitative estimate of drug-likeness (QED) is 0.817. The number of nitriles is 1. The van der Waals surface area contributed by atoms with Gasteiger partial charge in [0, 0.05) is 22.4 Å². The lowest BCUT2D eigenvalue weighted by molar-refractivity contribution is 0.0978. The minimum atomic E-state index is -0.799. The molecule has 1 unspecified atom stereocenters. The first-order valence-corrected chi connectivity index (χ1v) is 6.11. The van der Waals surface area contributed by atoms with Gasteiger partial charge in [0.25, 0.3) is 0 Å². The number of Topliss-reactive ketones (excluding diaryl/α,β-unsaturated/α-hetero) is 1. The molecular weight excluding hydrogens is 292 g/mol. The third-order valence-electron chi connectivity index (χ3n) is 2.52. The zero-order chi connectivity index (χ0) is 13.0. The van der Waals surface area contributed by atoms with Crippen LogP contribution in [0, 0.1) is 11.3 Å². The molecule has 2 rings (SSSR count). The van der Waals surface area contributed by atoms with E-state index < -0.39 is 5.92 Å². The van der Waals surface area contributed by atoms with E-state index in [1.54, 1.807) is 36.5 Å². The fraction of sp³-hybridized carbons (Fsp3) is 0.0714. The number of rotatable bonds is 3. The molecule has 1 heterocycles. The van der Waals surface area contributed by atoms with Gasteiger partial charge in [0.1, 0.15) is 5.92 Å². The highest BCUT2D eigenvalue weighted by molar-refractivity contribution is 9.10. The Labute approximate surface area is 113 Å². The van der Waals surface area contributed by atoms with Gasteiger partial charge in [0.05, 0.1) is 6.07 Å². The lowest BCUT2D eigenvalue weighted by Crippen LogP contribution is -2.11. The molecule has 88 valence electrons. The number of hydrogen-bond donors (Lipinski definition) is 0. The third kappa shape index (κ3) is 2.63. The topological polar surface area (TPSA) is 53.8 Å². The molecule has 0 aliphatic heterocycles. The van der Waals surface area contributed by atoms with Crippen LogP contribution in [0.5, 0.6) is 0 Å². The van der Waals surface area contributed by atoms with Crippen molar-refractivity contribution < 1.29 is 4.79 Å². The Kier molecular flexibility index (Phi) is 3.85. The van der Waals surface area contributed by atoms with Crippen LogP contribution in [0.2, 0.25) is 0 Å². The summed E-state index contributed by atoms with van der Waals surface area (Å²) < 4.78 is 0.847. The normalized spacial score (nSPS) is 11.6. The minimum absolute atomic E-state index is 0.233. The summed E-state index contributed by atoms with van der Waals surface area (Å²) in [4.78, 5) is 16.1. The van der Waals surface area contributed by atoms with Gasteiger partial charge in [-0.3, -0.25) is 9.78 Å². The van der Waals surface area contributed by atoms with Crippen LogP contribution in [0.4, 0.5) is 0 Å². The van der Waals surface area contributed by atoms with Crippen molar-refractivity contribution in [2.75, 3.05) is 0 Å². The Morgan fingerprint density at radius 1 is 1.33 bits per heavy atom. The van der Waals surface area contributed by atoms with Crippen LogP contribution in [0.15, 0.2) is 53.3 Å². The molecule has 0 N–H and O–H groups in total. The maximum absolute atomic E-state index is 12.2. The van der Waals surface area contributed by atoms with Gasteiger partial charge >= 0.3 is 0 Å². The van der Waals surface area contributed by atoms with E-state index in [0.717, 1.165) is 4.47 Å². The Morgan fingerprint density at radius 2 is 2.17 bits per heavy atom. The maximum atomic E-state index is 12.2. The summed E-state index contributed by atoms with van der Waals surface area (Å²) in [6.07, 6.45) is 3.07. The first kappa shape index (κ1) is 12.5. The van der Waals surface area contributed by atoms with Gasteiger partial charge < -0.3 is 0 Å². The molecule has 0 saturated heterocycles. The summed E-state index contributed by atoms with van der Waals surface area (Å²) in [5, 5.41) is 9.20.